The van der Waals surface area contributed by atoms with E-state index in [2.05, 4.69) is 32.0 Å². The largest absolute Gasteiger partial charge is 0.342 e. The molecule has 1 unspecified atom stereocenters. The van der Waals surface area contributed by atoms with E-state index in [1.165, 1.54) is 11.1 Å². The van der Waals surface area contributed by atoms with Crippen LogP contribution in [0.4, 0.5) is 0 Å². The zero-order valence-corrected chi connectivity index (χ0v) is 11.3. The highest BCUT2D eigenvalue weighted by Crippen LogP contribution is 2.17. The first-order valence-electron chi connectivity index (χ1n) is 6.64. The number of likely N-dealkylation sites (tertiary alicyclic amines) is 1. The molecule has 1 aromatic carbocycles. The van der Waals surface area contributed by atoms with E-state index in [0.717, 1.165) is 25.1 Å². The summed E-state index contributed by atoms with van der Waals surface area (Å²) in [4.78, 5) is 14.1. The Morgan fingerprint density at radius 1 is 1.39 bits per heavy atom. The quantitative estimate of drug-likeness (QED) is 0.881. The molecule has 3 nitrogen and oxygen atoms in total. The zero-order valence-electron chi connectivity index (χ0n) is 11.3. The normalized spacial score (nSPS) is 19.3. The van der Waals surface area contributed by atoms with Gasteiger partial charge < -0.3 is 10.6 Å². The van der Waals surface area contributed by atoms with Crippen molar-refractivity contribution >= 4 is 5.91 Å². The van der Waals surface area contributed by atoms with Gasteiger partial charge >= 0.3 is 0 Å². The Morgan fingerprint density at radius 2 is 2.17 bits per heavy atom. The summed E-state index contributed by atoms with van der Waals surface area (Å²) < 4.78 is 0. The van der Waals surface area contributed by atoms with Crippen LogP contribution in [0.1, 0.15) is 23.1 Å². The molecular formula is C15H22N2O. The molecule has 1 atom stereocenters. The Labute approximate surface area is 109 Å². The van der Waals surface area contributed by atoms with E-state index in [9.17, 15) is 4.79 Å². The molecule has 0 aliphatic carbocycles. The smallest absolute Gasteiger partial charge is 0.226 e. The Kier molecular flexibility index (Phi) is 4.02. The number of benzene rings is 1. The van der Waals surface area contributed by atoms with Crippen molar-refractivity contribution in [2.75, 3.05) is 19.6 Å². The molecule has 1 fully saturated rings. The molecule has 18 heavy (non-hydrogen) atoms. The zero-order chi connectivity index (χ0) is 13.1. The maximum atomic E-state index is 12.2. The van der Waals surface area contributed by atoms with Gasteiger partial charge in [0.2, 0.25) is 5.91 Å². The molecule has 0 radical (unpaired) electrons. The van der Waals surface area contributed by atoms with Crippen LogP contribution in [-0.2, 0) is 11.2 Å². The number of carbonyl (C=O) groups excluding carboxylic acids is 1. The van der Waals surface area contributed by atoms with Gasteiger partial charge in [-0.2, -0.15) is 0 Å². The molecular weight excluding hydrogens is 224 g/mol. The van der Waals surface area contributed by atoms with Crippen molar-refractivity contribution in [3.8, 4) is 0 Å². The number of rotatable bonds is 3. The number of carbonyl (C=O) groups is 1. The fraction of sp³-hybridized carbons (Fsp3) is 0.533. The summed E-state index contributed by atoms with van der Waals surface area (Å²) in [7, 11) is 0. The van der Waals surface area contributed by atoms with Crippen LogP contribution >= 0.6 is 0 Å². The van der Waals surface area contributed by atoms with Crippen molar-refractivity contribution in [1.82, 2.24) is 4.90 Å². The predicted molar refractivity (Wildman–Crippen MR) is 73.4 cm³/mol. The molecule has 1 amide bonds. The van der Waals surface area contributed by atoms with Crippen LogP contribution in [0.25, 0.3) is 0 Å². The number of amides is 1. The lowest BCUT2D eigenvalue weighted by Gasteiger charge is -2.16. The van der Waals surface area contributed by atoms with E-state index < -0.39 is 0 Å². The van der Waals surface area contributed by atoms with Gasteiger partial charge in [0.25, 0.3) is 0 Å². The van der Waals surface area contributed by atoms with Crippen LogP contribution < -0.4 is 5.73 Å². The summed E-state index contributed by atoms with van der Waals surface area (Å²) in [6.45, 7) is 6.57. The van der Waals surface area contributed by atoms with E-state index in [0.29, 0.717) is 18.9 Å². The molecule has 0 aromatic heterocycles. The van der Waals surface area contributed by atoms with E-state index in [1.807, 2.05) is 4.90 Å². The van der Waals surface area contributed by atoms with Gasteiger partial charge in [-0.05, 0) is 49.4 Å². The first-order chi connectivity index (χ1) is 8.60. The highest BCUT2D eigenvalue weighted by atomic mass is 16.2. The maximum Gasteiger partial charge on any atom is 0.226 e. The van der Waals surface area contributed by atoms with Crippen LogP contribution in [-0.4, -0.2) is 30.4 Å². The average molecular weight is 246 g/mol. The molecule has 0 saturated carbocycles. The third kappa shape index (κ3) is 2.91. The van der Waals surface area contributed by atoms with Gasteiger partial charge in [-0.3, -0.25) is 4.79 Å². The monoisotopic (exact) mass is 246 g/mol. The molecule has 1 heterocycles. The Hall–Kier alpha value is -1.35. The summed E-state index contributed by atoms with van der Waals surface area (Å²) in [5, 5.41) is 0. The molecule has 1 aromatic rings. The lowest BCUT2D eigenvalue weighted by Crippen LogP contribution is -2.31. The minimum atomic E-state index is 0.231. The molecule has 2 N–H and O–H groups in total. The molecule has 3 heteroatoms. The number of hydrogen-bond donors (Lipinski definition) is 1. The van der Waals surface area contributed by atoms with Crippen LogP contribution in [0.15, 0.2) is 18.2 Å². The van der Waals surface area contributed by atoms with Crippen LogP contribution in [0, 0.1) is 19.8 Å². The summed E-state index contributed by atoms with van der Waals surface area (Å²) in [6, 6.07) is 6.26. The number of nitrogens with zero attached hydrogens (tertiary/aromatic N) is 1. The number of nitrogens with two attached hydrogens (primary N) is 1. The van der Waals surface area contributed by atoms with Crippen molar-refractivity contribution in [3.05, 3.63) is 34.9 Å². The highest BCUT2D eigenvalue weighted by Gasteiger charge is 2.24. The molecule has 2 rings (SSSR count). The van der Waals surface area contributed by atoms with Gasteiger partial charge in [0.15, 0.2) is 0 Å². The average Bonchev–Trinajstić information content (AvgIpc) is 2.82. The van der Waals surface area contributed by atoms with Crippen molar-refractivity contribution in [3.63, 3.8) is 0 Å². The van der Waals surface area contributed by atoms with E-state index in [1.54, 1.807) is 0 Å². The van der Waals surface area contributed by atoms with E-state index in [4.69, 9.17) is 5.73 Å². The molecule has 0 bridgehead atoms. The lowest BCUT2D eigenvalue weighted by atomic mass is 10.0. The third-order valence-corrected chi connectivity index (χ3v) is 3.90. The number of hydrogen-bond acceptors (Lipinski definition) is 2. The summed E-state index contributed by atoms with van der Waals surface area (Å²) in [6.07, 6.45) is 1.56. The summed E-state index contributed by atoms with van der Waals surface area (Å²) in [5.41, 5.74) is 9.28. The standard InChI is InChI=1S/C15H22N2O/c1-11-3-4-13(7-12(11)2)8-15(18)17-6-5-14(9-16)10-17/h3-4,7,14H,5-6,8-10,16H2,1-2H3. The highest BCUT2D eigenvalue weighted by molar-refractivity contribution is 5.79. The van der Waals surface area contributed by atoms with Gasteiger partial charge in [0.05, 0.1) is 6.42 Å². The minimum Gasteiger partial charge on any atom is -0.342 e. The van der Waals surface area contributed by atoms with E-state index in [-0.39, 0.29) is 5.91 Å². The Bertz CT molecular complexity index is 442. The maximum absolute atomic E-state index is 12.2. The van der Waals surface area contributed by atoms with Gasteiger partial charge in [-0.1, -0.05) is 18.2 Å². The summed E-state index contributed by atoms with van der Waals surface area (Å²) >= 11 is 0. The molecule has 1 aliphatic rings. The van der Waals surface area contributed by atoms with Gasteiger partial charge in [0, 0.05) is 13.1 Å². The second-order valence-corrected chi connectivity index (χ2v) is 5.33. The van der Waals surface area contributed by atoms with Crippen molar-refractivity contribution in [2.45, 2.75) is 26.7 Å². The summed E-state index contributed by atoms with van der Waals surface area (Å²) in [5.74, 6) is 0.725. The van der Waals surface area contributed by atoms with Crippen LogP contribution in [0.2, 0.25) is 0 Å². The third-order valence-electron chi connectivity index (χ3n) is 3.90. The minimum absolute atomic E-state index is 0.231. The fourth-order valence-electron chi connectivity index (χ4n) is 2.45. The Balaban J connectivity index is 1.97. The van der Waals surface area contributed by atoms with Crippen LogP contribution in [0.5, 0.6) is 0 Å². The molecule has 98 valence electrons. The molecule has 0 spiro atoms. The van der Waals surface area contributed by atoms with Crippen molar-refractivity contribution < 1.29 is 4.79 Å². The van der Waals surface area contributed by atoms with E-state index >= 15 is 0 Å². The fourth-order valence-corrected chi connectivity index (χ4v) is 2.45. The van der Waals surface area contributed by atoms with Gasteiger partial charge in [-0.25, -0.2) is 0 Å². The van der Waals surface area contributed by atoms with Crippen molar-refractivity contribution in [2.24, 2.45) is 11.7 Å². The second kappa shape index (κ2) is 5.53. The second-order valence-electron chi connectivity index (χ2n) is 5.33. The van der Waals surface area contributed by atoms with Gasteiger partial charge in [0.1, 0.15) is 0 Å². The van der Waals surface area contributed by atoms with Crippen LogP contribution in [0.3, 0.4) is 0 Å². The Morgan fingerprint density at radius 3 is 2.78 bits per heavy atom. The van der Waals surface area contributed by atoms with Gasteiger partial charge in [-0.15, -0.1) is 0 Å². The lowest BCUT2D eigenvalue weighted by molar-refractivity contribution is -0.129. The molecule has 1 saturated heterocycles. The predicted octanol–water partition coefficient (Wildman–Crippen LogP) is 1.65. The SMILES string of the molecule is Cc1ccc(CC(=O)N2CCC(CN)C2)cc1C. The topological polar surface area (TPSA) is 46.3 Å². The molecule has 1 aliphatic heterocycles. The first kappa shape index (κ1) is 13.1. The first-order valence-corrected chi connectivity index (χ1v) is 6.64. The number of aryl methyl sites for hydroxylation is 2. The van der Waals surface area contributed by atoms with Crippen molar-refractivity contribution in [1.29, 1.82) is 0 Å².